The predicted molar refractivity (Wildman–Crippen MR) is 86.5 cm³/mol. The molecular weight excluding hydrogens is 280 g/mol. The molecule has 0 aliphatic carbocycles. The summed E-state index contributed by atoms with van der Waals surface area (Å²) in [6, 6.07) is 7.25. The largest absolute Gasteiger partial charge is 0.481 e. The smallest absolute Gasteiger partial charge is 0.307 e. The van der Waals surface area contributed by atoms with Gasteiger partial charge in [-0.2, -0.15) is 0 Å². The third kappa shape index (κ3) is 3.65. The molecule has 22 heavy (non-hydrogen) atoms. The van der Waals surface area contributed by atoms with Crippen LogP contribution in [0.25, 0.3) is 0 Å². The minimum absolute atomic E-state index is 0.0522. The Balaban J connectivity index is 2.06. The van der Waals surface area contributed by atoms with E-state index in [1.54, 1.807) is 0 Å². The first-order valence-electron chi connectivity index (χ1n) is 7.68. The molecule has 0 bridgehead atoms. The van der Waals surface area contributed by atoms with Crippen LogP contribution in [0.15, 0.2) is 24.3 Å². The molecule has 120 valence electrons. The number of hydrogen-bond acceptors (Lipinski definition) is 4. The third-order valence-corrected chi connectivity index (χ3v) is 4.40. The summed E-state index contributed by atoms with van der Waals surface area (Å²) in [7, 11) is 3.92. The lowest BCUT2D eigenvalue weighted by atomic mass is 9.95. The zero-order valence-electron chi connectivity index (χ0n) is 13.5. The van der Waals surface area contributed by atoms with Crippen molar-refractivity contribution >= 4 is 17.4 Å². The highest BCUT2D eigenvalue weighted by atomic mass is 16.4. The van der Waals surface area contributed by atoms with E-state index in [2.05, 4.69) is 0 Å². The number of carbonyl (C=O) groups excluding carboxylic acids is 1. The first-order chi connectivity index (χ1) is 10.4. The highest BCUT2D eigenvalue weighted by Gasteiger charge is 2.30. The van der Waals surface area contributed by atoms with Crippen LogP contribution in [0.1, 0.15) is 30.1 Å². The lowest BCUT2D eigenvalue weighted by Crippen LogP contribution is -2.46. The maximum absolute atomic E-state index is 12.6. The summed E-state index contributed by atoms with van der Waals surface area (Å²) in [5, 5.41) is 9.16. The van der Waals surface area contributed by atoms with E-state index < -0.39 is 5.97 Å². The quantitative estimate of drug-likeness (QED) is 0.844. The third-order valence-electron chi connectivity index (χ3n) is 4.40. The highest BCUT2D eigenvalue weighted by molar-refractivity contribution is 6.00. The molecule has 2 rings (SSSR count). The minimum atomic E-state index is -0.764. The zero-order chi connectivity index (χ0) is 16.3. The van der Waals surface area contributed by atoms with Gasteiger partial charge < -0.3 is 10.0 Å². The van der Waals surface area contributed by atoms with Crippen LogP contribution < -0.4 is 4.90 Å². The molecule has 2 atom stereocenters. The monoisotopic (exact) mass is 304 g/mol. The number of piperidine rings is 1. The molecule has 0 saturated carbocycles. The van der Waals surface area contributed by atoms with Gasteiger partial charge in [0.05, 0.1) is 12.0 Å². The van der Waals surface area contributed by atoms with Crippen LogP contribution in [0.2, 0.25) is 0 Å². The van der Waals surface area contributed by atoms with E-state index in [0.717, 1.165) is 18.7 Å². The number of likely N-dealkylation sites (tertiary alicyclic amines) is 1. The number of nitrogens with zero attached hydrogens (tertiary/aromatic N) is 2. The average Bonchev–Trinajstić information content (AvgIpc) is 2.53. The van der Waals surface area contributed by atoms with Crippen LogP contribution in [0.5, 0.6) is 0 Å². The standard InChI is InChI=1S/C17H24N2O3/c1-12(19-10-4-5-14(11-19)17(21)22)16(20)13-6-8-15(9-7-13)18(2)3/h6-9,12,14H,4-5,10-11H2,1-3H3,(H,21,22). The summed E-state index contributed by atoms with van der Waals surface area (Å²) >= 11 is 0. The molecule has 1 fully saturated rings. The van der Waals surface area contributed by atoms with Crippen LogP contribution in [-0.2, 0) is 4.79 Å². The average molecular weight is 304 g/mol. The maximum Gasteiger partial charge on any atom is 0.307 e. The van der Waals surface area contributed by atoms with Gasteiger partial charge in [-0.05, 0) is 50.6 Å². The lowest BCUT2D eigenvalue weighted by molar-refractivity contribution is -0.143. The van der Waals surface area contributed by atoms with Gasteiger partial charge in [0, 0.05) is 31.9 Å². The SMILES string of the molecule is CC(C(=O)c1ccc(N(C)C)cc1)N1CCCC(C(=O)O)C1. The number of anilines is 1. The Morgan fingerprint density at radius 3 is 2.45 bits per heavy atom. The van der Waals surface area contributed by atoms with Crippen molar-refractivity contribution in [2.45, 2.75) is 25.8 Å². The summed E-state index contributed by atoms with van der Waals surface area (Å²) in [4.78, 5) is 27.7. The van der Waals surface area contributed by atoms with Gasteiger partial charge >= 0.3 is 5.97 Å². The van der Waals surface area contributed by atoms with Crippen molar-refractivity contribution < 1.29 is 14.7 Å². The van der Waals surface area contributed by atoms with Crippen LogP contribution >= 0.6 is 0 Å². The zero-order valence-corrected chi connectivity index (χ0v) is 13.5. The first-order valence-corrected chi connectivity index (χ1v) is 7.68. The van der Waals surface area contributed by atoms with Gasteiger partial charge in [-0.15, -0.1) is 0 Å². The van der Waals surface area contributed by atoms with Crippen LogP contribution in [-0.4, -0.2) is 55.0 Å². The molecule has 1 aliphatic heterocycles. The summed E-state index contributed by atoms with van der Waals surface area (Å²) in [5.41, 5.74) is 1.73. The molecule has 5 heteroatoms. The Hall–Kier alpha value is -1.88. The number of rotatable bonds is 5. The number of carboxylic acid groups (broad SMARTS) is 1. The molecular formula is C17H24N2O3. The molecule has 0 aromatic heterocycles. The van der Waals surface area contributed by atoms with Crippen molar-refractivity contribution in [2.75, 3.05) is 32.1 Å². The Labute approximate surface area is 131 Å². The second kappa shape index (κ2) is 6.92. The van der Waals surface area contributed by atoms with Gasteiger partial charge in [0.1, 0.15) is 0 Å². The molecule has 1 aliphatic rings. The van der Waals surface area contributed by atoms with Gasteiger partial charge in [-0.3, -0.25) is 14.5 Å². The minimum Gasteiger partial charge on any atom is -0.481 e. The van der Waals surface area contributed by atoms with Gasteiger partial charge in [-0.25, -0.2) is 0 Å². The van der Waals surface area contributed by atoms with E-state index in [4.69, 9.17) is 5.11 Å². The molecule has 1 aromatic carbocycles. The van der Waals surface area contributed by atoms with Crippen molar-refractivity contribution in [1.29, 1.82) is 0 Å². The number of ketones is 1. The number of aliphatic carboxylic acids is 1. The Bertz CT molecular complexity index is 539. The summed E-state index contributed by atoms with van der Waals surface area (Å²) in [5.74, 6) is -1.07. The summed E-state index contributed by atoms with van der Waals surface area (Å²) < 4.78 is 0. The van der Waals surface area contributed by atoms with Crippen molar-refractivity contribution in [2.24, 2.45) is 5.92 Å². The summed E-state index contributed by atoms with van der Waals surface area (Å²) in [6.45, 7) is 3.11. The Morgan fingerprint density at radius 1 is 1.27 bits per heavy atom. The second-order valence-electron chi connectivity index (χ2n) is 6.15. The van der Waals surface area contributed by atoms with Crippen LogP contribution in [0.3, 0.4) is 0 Å². The lowest BCUT2D eigenvalue weighted by Gasteiger charge is -2.34. The molecule has 0 spiro atoms. The highest BCUT2D eigenvalue weighted by Crippen LogP contribution is 2.21. The molecule has 1 heterocycles. The van der Waals surface area contributed by atoms with E-state index in [1.807, 2.05) is 55.1 Å². The topological polar surface area (TPSA) is 60.9 Å². The molecule has 1 N–H and O–H groups in total. The van der Waals surface area contributed by atoms with E-state index in [0.29, 0.717) is 18.5 Å². The van der Waals surface area contributed by atoms with Crippen molar-refractivity contribution in [3.8, 4) is 0 Å². The number of carbonyl (C=O) groups is 2. The van der Waals surface area contributed by atoms with Crippen molar-refractivity contribution in [3.63, 3.8) is 0 Å². The van der Waals surface area contributed by atoms with Gasteiger partial charge in [0.15, 0.2) is 5.78 Å². The number of Topliss-reactive ketones (excluding diaryl/α,β-unsaturated/α-hetero) is 1. The predicted octanol–water partition coefficient (Wildman–Crippen LogP) is 2.12. The van der Waals surface area contributed by atoms with Gasteiger partial charge in [-0.1, -0.05) is 0 Å². The van der Waals surface area contributed by atoms with E-state index >= 15 is 0 Å². The molecule has 1 aromatic rings. The molecule has 5 nitrogen and oxygen atoms in total. The van der Waals surface area contributed by atoms with E-state index in [9.17, 15) is 9.59 Å². The fourth-order valence-corrected chi connectivity index (χ4v) is 2.89. The fraction of sp³-hybridized carbons (Fsp3) is 0.529. The molecule has 0 amide bonds. The van der Waals surface area contributed by atoms with Crippen molar-refractivity contribution in [3.05, 3.63) is 29.8 Å². The van der Waals surface area contributed by atoms with Gasteiger partial charge in [0.2, 0.25) is 0 Å². The van der Waals surface area contributed by atoms with Gasteiger partial charge in [0.25, 0.3) is 0 Å². The second-order valence-corrected chi connectivity index (χ2v) is 6.15. The van der Waals surface area contributed by atoms with Crippen LogP contribution in [0.4, 0.5) is 5.69 Å². The molecule has 2 unspecified atom stereocenters. The number of hydrogen-bond donors (Lipinski definition) is 1. The number of benzene rings is 1. The normalized spacial score (nSPS) is 20.4. The summed E-state index contributed by atoms with van der Waals surface area (Å²) in [6.07, 6.45) is 1.53. The Kier molecular flexibility index (Phi) is 5.19. The Morgan fingerprint density at radius 2 is 1.91 bits per heavy atom. The van der Waals surface area contributed by atoms with Crippen LogP contribution in [0, 0.1) is 5.92 Å². The fourth-order valence-electron chi connectivity index (χ4n) is 2.89. The molecule has 0 radical (unpaired) electrons. The first kappa shape index (κ1) is 16.5. The van der Waals surface area contributed by atoms with E-state index in [-0.39, 0.29) is 17.7 Å². The van der Waals surface area contributed by atoms with Crippen molar-refractivity contribution in [1.82, 2.24) is 4.90 Å². The maximum atomic E-state index is 12.6. The van der Waals surface area contributed by atoms with E-state index in [1.165, 1.54) is 0 Å². The molecule has 1 saturated heterocycles. The number of carboxylic acids is 1.